The highest BCUT2D eigenvalue weighted by molar-refractivity contribution is 5.96. The molecule has 140 valence electrons. The molecule has 1 saturated heterocycles. The predicted molar refractivity (Wildman–Crippen MR) is 107 cm³/mol. The minimum atomic E-state index is 0.0904. The first-order valence-corrected chi connectivity index (χ1v) is 9.54. The molecule has 5 heteroatoms. The van der Waals surface area contributed by atoms with Crippen molar-refractivity contribution in [3.05, 3.63) is 59.9 Å². The van der Waals surface area contributed by atoms with Crippen LogP contribution in [0.25, 0.3) is 11.0 Å². The van der Waals surface area contributed by atoms with E-state index in [-0.39, 0.29) is 11.8 Å². The number of ether oxygens (including phenoxy) is 1. The molecule has 27 heavy (non-hydrogen) atoms. The minimum Gasteiger partial charge on any atom is -0.383 e. The smallest absolute Gasteiger partial charge is 0.227 e. The lowest BCUT2D eigenvalue weighted by Crippen LogP contribution is -2.24. The van der Waals surface area contributed by atoms with Gasteiger partial charge in [-0.2, -0.15) is 0 Å². The third kappa shape index (κ3) is 3.35. The number of carbonyl (C=O) groups is 1. The largest absolute Gasteiger partial charge is 0.383 e. The Kier molecular flexibility index (Phi) is 4.94. The lowest BCUT2D eigenvalue weighted by Gasteiger charge is -2.18. The van der Waals surface area contributed by atoms with Crippen molar-refractivity contribution < 1.29 is 9.53 Å². The van der Waals surface area contributed by atoms with E-state index in [1.165, 1.54) is 5.56 Å². The quantitative estimate of drug-likeness (QED) is 0.670. The Morgan fingerprint density at radius 1 is 1.15 bits per heavy atom. The van der Waals surface area contributed by atoms with Crippen LogP contribution in [0, 0.1) is 0 Å². The molecule has 0 saturated carbocycles. The number of anilines is 1. The molecular weight excluding hydrogens is 338 g/mol. The fourth-order valence-corrected chi connectivity index (χ4v) is 3.87. The first-order chi connectivity index (χ1) is 13.2. The van der Waals surface area contributed by atoms with Gasteiger partial charge in [-0.1, -0.05) is 31.2 Å². The fourth-order valence-electron chi connectivity index (χ4n) is 3.87. The summed E-state index contributed by atoms with van der Waals surface area (Å²) in [5.74, 6) is 1.23. The molecule has 1 atom stereocenters. The number of rotatable bonds is 6. The highest BCUT2D eigenvalue weighted by atomic mass is 16.5. The maximum absolute atomic E-state index is 12.7. The number of imidazole rings is 1. The van der Waals surface area contributed by atoms with Gasteiger partial charge in [0.1, 0.15) is 5.82 Å². The summed E-state index contributed by atoms with van der Waals surface area (Å²) in [5, 5.41) is 0. The van der Waals surface area contributed by atoms with Gasteiger partial charge in [0.15, 0.2) is 0 Å². The van der Waals surface area contributed by atoms with Crippen LogP contribution in [-0.4, -0.2) is 35.7 Å². The number of aryl methyl sites for hydroxylation is 1. The summed E-state index contributed by atoms with van der Waals surface area (Å²) in [6.07, 6.45) is 1.49. The monoisotopic (exact) mass is 363 g/mol. The third-order valence-corrected chi connectivity index (χ3v) is 5.35. The van der Waals surface area contributed by atoms with Crippen LogP contribution in [-0.2, 0) is 22.5 Å². The fraction of sp³-hybridized carbons (Fsp3) is 0.364. The molecule has 0 bridgehead atoms. The van der Waals surface area contributed by atoms with Crippen molar-refractivity contribution in [2.45, 2.75) is 32.2 Å². The maximum Gasteiger partial charge on any atom is 0.227 e. The van der Waals surface area contributed by atoms with Gasteiger partial charge in [-0.15, -0.1) is 0 Å². The number of amides is 1. The number of benzene rings is 2. The molecule has 4 rings (SSSR count). The Labute approximate surface area is 159 Å². The van der Waals surface area contributed by atoms with Crippen molar-refractivity contribution in [1.29, 1.82) is 0 Å². The zero-order chi connectivity index (χ0) is 18.8. The molecule has 1 aromatic heterocycles. The van der Waals surface area contributed by atoms with Gasteiger partial charge in [0.2, 0.25) is 5.91 Å². The van der Waals surface area contributed by atoms with Crippen molar-refractivity contribution in [3.63, 3.8) is 0 Å². The van der Waals surface area contributed by atoms with Crippen LogP contribution < -0.4 is 4.90 Å². The Morgan fingerprint density at radius 3 is 2.67 bits per heavy atom. The molecule has 2 aromatic carbocycles. The van der Waals surface area contributed by atoms with Crippen molar-refractivity contribution >= 4 is 22.6 Å². The van der Waals surface area contributed by atoms with E-state index in [0.717, 1.165) is 35.5 Å². The molecule has 5 nitrogen and oxygen atoms in total. The zero-order valence-electron chi connectivity index (χ0n) is 15.9. The second-order valence-corrected chi connectivity index (χ2v) is 7.03. The third-order valence-electron chi connectivity index (χ3n) is 5.35. The summed E-state index contributed by atoms with van der Waals surface area (Å²) >= 11 is 0. The van der Waals surface area contributed by atoms with Crippen molar-refractivity contribution in [2.75, 3.05) is 25.2 Å². The number of nitrogens with zero attached hydrogens (tertiary/aromatic N) is 3. The van der Waals surface area contributed by atoms with E-state index in [4.69, 9.17) is 9.72 Å². The summed E-state index contributed by atoms with van der Waals surface area (Å²) in [6.45, 7) is 4.16. The zero-order valence-corrected chi connectivity index (χ0v) is 15.9. The Morgan fingerprint density at radius 2 is 1.93 bits per heavy atom. The van der Waals surface area contributed by atoms with Gasteiger partial charge in [0.25, 0.3) is 0 Å². The molecule has 0 aliphatic carbocycles. The van der Waals surface area contributed by atoms with Crippen LogP contribution in [0.1, 0.15) is 30.7 Å². The van der Waals surface area contributed by atoms with Crippen LogP contribution in [0.3, 0.4) is 0 Å². The first-order valence-electron chi connectivity index (χ1n) is 9.54. The number of methoxy groups -OCH3 is 1. The van der Waals surface area contributed by atoms with E-state index < -0.39 is 0 Å². The molecule has 1 aliphatic rings. The summed E-state index contributed by atoms with van der Waals surface area (Å²) in [5.41, 5.74) is 4.33. The van der Waals surface area contributed by atoms with Gasteiger partial charge >= 0.3 is 0 Å². The van der Waals surface area contributed by atoms with Crippen molar-refractivity contribution in [3.8, 4) is 0 Å². The van der Waals surface area contributed by atoms with Gasteiger partial charge in [0, 0.05) is 38.2 Å². The molecule has 1 fully saturated rings. The number of hydrogen-bond acceptors (Lipinski definition) is 3. The lowest BCUT2D eigenvalue weighted by molar-refractivity contribution is -0.117. The molecule has 0 radical (unpaired) electrons. The summed E-state index contributed by atoms with van der Waals surface area (Å²) < 4.78 is 7.50. The molecule has 0 spiro atoms. The number of carbonyl (C=O) groups excluding carboxylic acids is 1. The van der Waals surface area contributed by atoms with Gasteiger partial charge in [0.05, 0.1) is 17.6 Å². The van der Waals surface area contributed by atoms with Crippen LogP contribution in [0.5, 0.6) is 0 Å². The lowest BCUT2D eigenvalue weighted by atomic mass is 10.1. The molecule has 2 heterocycles. The Hall–Kier alpha value is -2.66. The predicted octanol–water partition coefficient (Wildman–Crippen LogP) is 3.77. The van der Waals surface area contributed by atoms with E-state index in [9.17, 15) is 4.79 Å². The molecule has 3 aromatic rings. The molecule has 1 amide bonds. The van der Waals surface area contributed by atoms with Crippen LogP contribution in [0.2, 0.25) is 0 Å². The average molecular weight is 363 g/mol. The Balaban J connectivity index is 1.65. The molecule has 0 unspecified atom stereocenters. The second kappa shape index (κ2) is 7.53. The van der Waals surface area contributed by atoms with Crippen molar-refractivity contribution in [2.24, 2.45) is 0 Å². The van der Waals surface area contributed by atoms with Crippen LogP contribution in [0.4, 0.5) is 5.69 Å². The van der Waals surface area contributed by atoms with Crippen molar-refractivity contribution in [1.82, 2.24) is 9.55 Å². The topological polar surface area (TPSA) is 47.4 Å². The van der Waals surface area contributed by atoms with Crippen LogP contribution in [0.15, 0.2) is 48.5 Å². The first kappa shape index (κ1) is 17.7. The summed E-state index contributed by atoms with van der Waals surface area (Å²) in [6, 6.07) is 16.4. The van der Waals surface area contributed by atoms with Gasteiger partial charge in [-0.3, -0.25) is 4.79 Å². The van der Waals surface area contributed by atoms with Crippen LogP contribution >= 0.6 is 0 Å². The van der Waals surface area contributed by atoms with E-state index in [0.29, 0.717) is 19.6 Å². The van der Waals surface area contributed by atoms with Gasteiger partial charge in [-0.05, 0) is 36.2 Å². The highest BCUT2D eigenvalue weighted by Crippen LogP contribution is 2.33. The second-order valence-electron chi connectivity index (χ2n) is 7.03. The van der Waals surface area contributed by atoms with E-state index in [1.807, 2.05) is 35.2 Å². The standard InChI is InChI=1S/C22H25N3O2/c1-3-16-8-10-18(11-9-16)25-15-17(14-21(25)26)22-23-19-6-4-5-7-20(19)24(22)12-13-27-2/h4-11,17H,3,12-15H2,1-2H3/t17-/m0/s1. The van der Waals surface area contributed by atoms with E-state index >= 15 is 0 Å². The minimum absolute atomic E-state index is 0.0904. The summed E-state index contributed by atoms with van der Waals surface area (Å²) in [7, 11) is 1.71. The normalized spacial score (nSPS) is 17.2. The molecule has 1 aliphatic heterocycles. The molecular formula is C22H25N3O2. The summed E-state index contributed by atoms with van der Waals surface area (Å²) in [4.78, 5) is 19.5. The van der Waals surface area contributed by atoms with E-state index in [2.05, 4.69) is 29.7 Å². The maximum atomic E-state index is 12.7. The average Bonchev–Trinajstić information content (AvgIpc) is 3.27. The number of para-hydroxylation sites is 2. The van der Waals surface area contributed by atoms with Gasteiger partial charge in [-0.25, -0.2) is 4.98 Å². The highest BCUT2D eigenvalue weighted by Gasteiger charge is 2.34. The molecule has 0 N–H and O–H groups in total. The van der Waals surface area contributed by atoms with Gasteiger partial charge < -0.3 is 14.2 Å². The Bertz CT molecular complexity index is 946. The SMILES string of the molecule is CCc1ccc(N2C[C@@H](c3nc4ccccc4n3CCOC)CC2=O)cc1. The van der Waals surface area contributed by atoms with E-state index in [1.54, 1.807) is 7.11 Å². The number of aromatic nitrogens is 2. The number of hydrogen-bond donors (Lipinski definition) is 0. The number of fused-ring (bicyclic) bond motifs is 1.